The molecule has 0 aliphatic heterocycles. The smallest absolute Gasteiger partial charge is 0.173 e. The molecule has 4 heteroatoms. The summed E-state index contributed by atoms with van der Waals surface area (Å²) in [6, 6.07) is 23.0. The van der Waals surface area contributed by atoms with Crippen molar-refractivity contribution in [3.63, 3.8) is 0 Å². The van der Waals surface area contributed by atoms with Gasteiger partial charge in [-0.05, 0) is 34.7 Å². The summed E-state index contributed by atoms with van der Waals surface area (Å²) in [5, 5.41) is 21.4. The second-order valence-electron chi connectivity index (χ2n) is 6.69. The van der Waals surface area contributed by atoms with Crippen molar-refractivity contribution >= 4 is 11.0 Å². The minimum absolute atomic E-state index is 0.0288. The molecule has 1 heterocycles. The minimum Gasteiger partial charge on any atom is -0.392 e. The molecule has 0 aliphatic rings. The van der Waals surface area contributed by atoms with Crippen LogP contribution in [0.4, 0.5) is 0 Å². The zero-order valence-electron chi connectivity index (χ0n) is 15.2. The molecular weight excluding hydrogens is 336 g/mol. The Morgan fingerprint density at radius 2 is 1.52 bits per heavy atom. The highest BCUT2D eigenvalue weighted by molar-refractivity contribution is 5.80. The summed E-state index contributed by atoms with van der Waals surface area (Å²) < 4.78 is 0. The first-order valence-electron chi connectivity index (χ1n) is 9.13. The van der Waals surface area contributed by atoms with Gasteiger partial charge in [0.25, 0.3) is 0 Å². The molecule has 136 valence electrons. The van der Waals surface area contributed by atoms with E-state index in [1.807, 2.05) is 72.8 Å². The number of hydrogen-bond donors (Lipinski definition) is 3. The number of rotatable bonds is 5. The first-order valence-corrected chi connectivity index (χ1v) is 9.13. The second-order valence-corrected chi connectivity index (χ2v) is 6.69. The lowest BCUT2D eigenvalue weighted by Crippen LogP contribution is -2.30. The number of H-pyrrole nitrogens is 1. The largest absolute Gasteiger partial charge is 0.392 e. The van der Waals surface area contributed by atoms with Gasteiger partial charge in [0.1, 0.15) is 5.82 Å². The fourth-order valence-electron chi connectivity index (χ4n) is 3.59. The zero-order chi connectivity index (χ0) is 18.9. The predicted molar refractivity (Wildman–Crippen MR) is 106 cm³/mol. The lowest BCUT2D eigenvalue weighted by atomic mass is 9.85. The van der Waals surface area contributed by atoms with Crippen molar-refractivity contribution in [2.45, 2.75) is 25.6 Å². The van der Waals surface area contributed by atoms with Crippen LogP contribution in [-0.2, 0) is 18.6 Å². The van der Waals surface area contributed by atoms with Crippen LogP contribution in [0.2, 0.25) is 0 Å². The fraction of sp³-hybridized carbons (Fsp3) is 0.174. The van der Waals surface area contributed by atoms with E-state index < -0.39 is 5.60 Å². The second kappa shape index (κ2) is 6.99. The van der Waals surface area contributed by atoms with E-state index in [4.69, 9.17) is 4.98 Å². The van der Waals surface area contributed by atoms with Gasteiger partial charge in [0.2, 0.25) is 0 Å². The molecule has 4 nitrogen and oxygen atoms in total. The molecule has 0 bridgehead atoms. The van der Waals surface area contributed by atoms with E-state index in [1.165, 1.54) is 0 Å². The third-order valence-electron chi connectivity index (χ3n) is 5.01. The average molecular weight is 358 g/mol. The number of aromatic amines is 1. The summed E-state index contributed by atoms with van der Waals surface area (Å²) in [6.07, 6.45) is 0.795. The molecular formula is C23H22N2O2. The minimum atomic E-state index is -1.40. The number of imidazole rings is 1. The first kappa shape index (κ1) is 17.5. The van der Waals surface area contributed by atoms with Crippen LogP contribution in [0.15, 0.2) is 72.8 Å². The number of nitrogens with one attached hydrogen (secondary N) is 1. The van der Waals surface area contributed by atoms with Crippen LogP contribution in [0, 0.1) is 0 Å². The van der Waals surface area contributed by atoms with Crippen LogP contribution in [0.25, 0.3) is 11.0 Å². The van der Waals surface area contributed by atoms with Gasteiger partial charge in [-0.2, -0.15) is 0 Å². The maximum absolute atomic E-state index is 11.9. The molecule has 0 spiro atoms. The van der Waals surface area contributed by atoms with Crippen LogP contribution < -0.4 is 0 Å². The first-order chi connectivity index (χ1) is 13.2. The van der Waals surface area contributed by atoms with E-state index in [9.17, 15) is 10.2 Å². The Morgan fingerprint density at radius 3 is 2.04 bits per heavy atom. The van der Waals surface area contributed by atoms with Crippen LogP contribution in [0.3, 0.4) is 0 Å². The number of fused-ring (bicyclic) bond motifs is 1. The van der Waals surface area contributed by atoms with Crippen molar-refractivity contribution in [2.75, 3.05) is 0 Å². The molecule has 0 radical (unpaired) electrons. The van der Waals surface area contributed by atoms with Gasteiger partial charge >= 0.3 is 0 Å². The molecule has 3 N–H and O–H groups in total. The molecule has 27 heavy (non-hydrogen) atoms. The zero-order valence-corrected chi connectivity index (χ0v) is 15.2. The van der Waals surface area contributed by atoms with Crippen LogP contribution in [0.5, 0.6) is 0 Å². The molecule has 3 aromatic carbocycles. The molecule has 0 amide bonds. The SMILES string of the molecule is CCc1cc(CO)cc2[nH]c(C(O)(c3ccccc3)c3ccccc3)nc12. The van der Waals surface area contributed by atoms with Gasteiger partial charge in [0.15, 0.2) is 5.60 Å². The molecule has 0 fully saturated rings. The van der Waals surface area contributed by atoms with Gasteiger partial charge < -0.3 is 15.2 Å². The average Bonchev–Trinajstić information content (AvgIpc) is 3.18. The summed E-state index contributed by atoms with van der Waals surface area (Å²) >= 11 is 0. The van der Waals surface area contributed by atoms with E-state index in [1.54, 1.807) is 0 Å². The topological polar surface area (TPSA) is 69.1 Å². The standard InChI is InChI=1S/C23H22N2O2/c1-2-17-13-16(15-26)14-20-21(17)25-22(24-20)23(27,18-9-5-3-6-10-18)19-11-7-4-8-12-19/h3-14,26-27H,2,15H2,1H3,(H,24,25). The number of aryl methyl sites for hydroxylation is 1. The Hall–Kier alpha value is -2.95. The van der Waals surface area contributed by atoms with Crippen LogP contribution in [0.1, 0.15) is 35.0 Å². The van der Waals surface area contributed by atoms with Gasteiger partial charge in [0.05, 0.1) is 17.6 Å². The van der Waals surface area contributed by atoms with Crippen molar-refractivity contribution < 1.29 is 10.2 Å². The molecule has 0 aliphatic carbocycles. The Morgan fingerprint density at radius 1 is 0.926 bits per heavy atom. The monoisotopic (exact) mass is 358 g/mol. The number of aliphatic hydroxyl groups excluding tert-OH is 1. The normalized spacial score (nSPS) is 11.8. The van der Waals surface area contributed by atoms with Gasteiger partial charge in [-0.15, -0.1) is 0 Å². The molecule has 4 rings (SSSR count). The van der Waals surface area contributed by atoms with Crippen LogP contribution in [-0.4, -0.2) is 20.2 Å². The third kappa shape index (κ3) is 2.93. The van der Waals surface area contributed by atoms with Crippen LogP contribution >= 0.6 is 0 Å². The Balaban J connectivity index is 1.99. The van der Waals surface area contributed by atoms with Crippen molar-refractivity contribution in [2.24, 2.45) is 0 Å². The van der Waals surface area contributed by atoms with E-state index >= 15 is 0 Å². The third-order valence-corrected chi connectivity index (χ3v) is 5.01. The van der Waals surface area contributed by atoms with E-state index in [-0.39, 0.29) is 6.61 Å². The maximum atomic E-state index is 11.9. The van der Waals surface area contributed by atoms with E-state index in [2.05, 4.69) is 11.9 Å². The highest BCUT2D eigenvalue weighted by atomic mass is 16.3. The Kier molecular flexibility index (Phi) is 4.52. The Labute approximate surface area is 158 Å². The van der Waals surface area contributed by atoms with Crippen molar-refractivity contribution in [1.82, 2.24) is 9.97 Å². The van der Waals surface area contributed by atoms with Gasteiger partial charge in [0, 0.05) is 0 Å². The quantitative estimate of drug-likeness (QED) is 0.507. The van der Waals surface area contributed by atoms with E-state index in [0.29, 0.717) is 5.82 Å². The molecule has 4 aromatic rings. The van der Waals surface area contributed by atoms with E-state index in [0.717, 1.165) is 39.7 Å². The number of benzene rings is 3. The van der Waals surface area contributed by atoms with Gasteiger partial charge in [-0.25, -0.2) is 4.98 Å². The highest BCUT2D eigenvalue weighted by Crippen LogP contribution is 2.36. The number of nitrogens with zero attached hydrogens (tertiary/aromatic N) is 1. The summed E-state index contributed by atoms with van der Waals surface area (Å²) in [7, 11) is 0. The lowest BCUT2D eigenvalue weighted by molar-refractivity contribution is 0.117. The summed E-state index contributed by atoms with van der Waals surface area (Å²) in [4.78, 5) is 8.11. The summed E-state index contributed by atoms with van der Waals surface area (Å²) in [5.41, 5.74) is 3.62. The summed E-state index contributed by atoms with van der Waals surface area (Å²) in [6.45, 7) is 2.03. The number of hydrogen-bond acceptors (Lipinski definition) is 3. The molecule has 1 aromatic heterocycles. The van der Waals surface area contributed by atoms with Gasteiger partial charge in [-0.3, -0.25) is 0 Å². The van der Waals surface area contributed by atoms with Crippen molar-refractivity contribution in [3.05, 3.63) is 101 Å². The molecule has 0 atom stereocenters. The van der Waals surface area contributed by atoms with Crippen molar-refractivity contribution in [1.29, 1.82) is 0 Å². The summed E-state index contributed by atoms with van der Waals surface area (Å²) in [5.74, 6) is 0.472. The lowest BCUT2D eigenvalue weighted by Gasteiger charge is -2.27. The molecule has 0 saturated heterocycles. The molecule has 0 unspecified atom stereocenters. The fourth-order valence-corrected chi connectivity index (χ4v) is 3.59. The van der Waals surface area contributed by atoms with Gasteiger partial charge in [-0.1, -0.05) is 73.7 Å². The predicted octanol–water partition coefficient (Wildman–Crippen LogP) is 3.90. The molecule has 0 saturated carbocycles. The maximum Gasteiger partial charge on any atom is 0.173 e. The van der Waals surface area contributed by atoms with Crippen molar-refractivity contribution in [3.8, 4) is 0 Å². The number of aromatic nitrogens is 2. The number of aliphatic hydroxyl groups is 2. The Bertz CT molecular complexity index is 1020. The highest BCUT2D eigenvalue weighted by Gasteiger charge is 2.37.